The zero-order valence-electron chi connectivity index (χ0n) is 11.8. The molecule has 0 N–H and O–H groups in total. The normalized spacial score (nSPS) is 16.4. The van der Waals surface area contributed by atoms with Gasteiger partial charge in [-0.15, -0.1) is 0 Å². The maximum Gasteiger partial charge on any atom is 0.410 e. The Hall–Kier alpha value is -1.71. The van der Waals surface area contributed by atoms with Crippen LogP contribution in [0.25, 0.3) is 0 Å². The number of carbonyl (C=O) groups excluding carboxylic acids is 1. The molecule has 1 saturated heterocycles. The summed E-state index contributed by atoms with van der Waals surface area (Å²) in [5.41, 5.74) is 0.756. The van der Waals surface area contributed by atoms with Crippen molar-refractivity contribution in [2.75, 3.05) is 31.1 Å². The first kappa shape index (κ1) is 13.7. The molecule has 0 aliphatic carbocycles. The molecule has 0 atom stereocenters. The number of anilines is 1. The molecule has 103 valence electrons. The smallest absolute Gasteiger partial charge is 0.410 e. The van der Waals surface area contributed by atoms with Crippen LogP contribution in [-0.2, 0) is 4.74 Å². The van der Waals surface area contributed by atoms with Crippen LogP contribution in [0.3, 0.4) is 0 Å². The monoisotopic (exact) mass is 261 g/mol. The standard InChI is InChI=1S/C15H21N2O2/c1-15(2,3)19-14(18)17-11-9-16(10-12-17)13-7-5-4-6-8-13/h5-8H,9-12H2,1-3H3. The molecule has 1 aliphatic rings. The summed E-state index contributed by atoms with van der Waals surface area (Å²) in [6.45, 7) is 8.75. The predicted molar refractivity (Wildman–Crippen MR) is 75.3 cm³/mol. The van der Waals surface area contributed by atoms with E-state index in [0.717, 1.165) is 13.1 Å². The Labute approximate surface area is 115 Å². The summed E-state index contributed by atoms with van der Waals surface area (Å²) in [6.07, 6.45) is -0.214. The summed E-state index contributed by atoms with van der Waals surface area (Å²) >= 11 is 0. The van der Waals surface area contributed by atoms with Gasteiger partial charge in [-0.05, 0) is 39.0 Å². The zero-order valence-corrected chi connectivity index (χ0v) is 11.8. The Morgan fingerprint density at radius 1 is 1.16 bits per heavy atom. The van der Waals surface area contributed by atoms with E-state index in [1.54, 1.807) is 4.90 Å². The quantitative estimate of drug-likeness (QED) is 0.779. The van der Waals surface area contributed by atoms with Gasteiger partial charge < -0.3 is 14.5 Å². The highest BCUT2D eigenvalue weighted by Crippen LogP contribution is 2.17. The first-order chi connectivity index (χ1) is 8.96. The van der Waals surface area contributed by atoms with Crippen molar-refractivity contribution in [1.82, 2.24) is 4.90 Å². The van der Waals surface area contributed by atoms with Gasteiger partial charge in [0.25, 0.3) is 0 Å². The van der Waals surface area contributed by atoms with Crippen LogP contribution in [0.5, 0.6) is 0 Å². The van der Waals surface area contributed by atoms with E-state index in [1.807, 2.05) is 45.0 Å². The lowest BCUT2D eigenvalue weighted by Gasteiger charge is -2.36. The van der Waals surface area contributed by atoms with E-state index in [-0.39, 0.29) is 6.09 Å². The second kappa shape index (κ2) is 5.51. The lowest BCUT2D eigenvalue weighted by molar-refractivity contribution is 0.0240. The van der Waals surface area contributed by atoms with Gasteiger partial charge in [0.2, 0.25) is 0 Å². The summed E-state index contributed by atoms with van der Waals surface area (Å²) in [4.78, 5) is 16.0. The number of benzene rings is 1. The maximum atomic E-state index is 11.9. The van der Waals surface area contributed by atoms with E-state index < -0.39 is 5.60 Å². The van der Waals surface area contributed by atoms with Crippen molar-refractivity contribution < 1.29 is 9.53 Å². The molecule has 1 aromatic rings. The number of ether oxygens (including phenoxy) is 1. The number of hydrogen-bond acceptors (Lipinski definition) is 3. The molecule has 1 amide bonds. The van der Waals surface area contributed by atoms with E-state index in [9.17, 15) is 4.79 Å². The molecule has 4 heteroatoms. The lowest BCUT2D eigenvalue weighted by atomic mass is 10.2. The molecular weight excluding hydrogens is 240 g/mol. The topological polar surface area (TPSA) is 32.8 Å². The van der Waals surface area contributed by atoms with Crippen molar-refractivity contribution in [3.63, 3.8) is 0 Å². The highest BCUT2D eigenvalue weighted by molar-refractivity contribution is 5.68. The van der Waals surface area contributed by atoms with Crippen LogP contribution < -0.4 is 4.90 Å². The Morgan fingerprint density at radius 2 is 1.74 bits per heavy atom. The van der Waals surface area contributed by atoms with Gasteiger partial charge in [-0.25, -0.2) is 4.79 Å². The van der Waals surface area contributed by atoms with Crippen molar-refractivity contribution in [1.29, 1.82) is 0 Å². The molecule has 1 radical (unpaired) electrons. The fraction of sp³-hybridized carbons (Fsp3) is 0.533. The van der Waals surface area contributed by atoms with Crippen LogP contribution in [0.1, 0.15) is 20.8 Å². The van der Waals surface area contributed by atoms with Crippen LogP contribution in [0.15, 0.2) is 24.3 Å². The average molecular weight is 261 g/mol. The van der Waals surface area contributed by atoms with E-state index in [1.165, 1.54) is 5.69 Å². The van der Waals surface area contributed by atoms with Gasteiger partial charge in [-0.1, -0.05) is 12.1 Å². The third-order valence-corrected chi connectivity index (χ3v) is 3.00. The van der Waals surface area contributed by atoms with Crippen LogP contribution in [0, 0.1) is 6.07 Å². The minimum Gasteiger partial charge on any atom is -0.444 e. The van der Waals surface area contributed by atoms with Crippen molar-refractivity contribution in [2.45, 2.75) is 26.4 Å². The number of rotatable bonds is 1. The molecule has 19 heavy (non-hydrogen) atoms. The second-order valence-corrected chi connectivity index (χ2v) is 5.71. The third kappa shape index (κ3) is 3.88. The van der Waals surface area contributed by atoms with E-state index in [2.05, 4.69) is 11.0 Å². The van der Waals surface area contributed by atoms with Gasteiger partial charge in [-0.3, -0.25) is 0 Å². The van der Waals surface area contributed by atoms with Crippen LogP contribution in [0.4, 0.5) is 10.5 Å². The predicted octanol–water partition coefficient (Wildman–Crippen LogP) is 2.54. The molecule has 0 bridgehead atoms. The van der Waals surface area contributed by atoms with Crippen LogP contribution >= 0.6 is 0 Å². The number of carbonyl (C=O) groups is 1. The molecule has 0 spiro atoms. The molecular formula is C15H21N2O2. The summed E-state index contributed by atoms with van der Waals surface area (Å²) in [6, 6.07) is 10.9. The molecule has 0 saturated carbocycles. The second-order valence-electron chi connectivity index (χ2n) is 5.71. The van der Waals surface area contributed by atoms with Gasteiger partial charge in [0.1, 0.15) is 5.60 Å². The molecule has 0 aromatic heterocycles. The maximum absolute atomic E-state index is 11.9. The first-order valence-electron chi connectivity index (χ1n) is 6.65. The minimum atomic E-state index is -0.427. The van der Waals surface area contributed by atoms with Crippen molar-refractivity contribution >= 4 is 11.8 Å². The van der Waals surface area contributed by atoms with Gasteiger partial charge in [0.05, 0.1) is 0 Å². The van der Waals surface area contributed by atoms with Crippen molar-refractivity contribution in [3.05, 3.63) is 30.3 Å². The molecule has 1 heterocycles. The number of nitrogens with zero attached hydrogens (tertiary/aromatic N) is 2. The van der Waals surface area contributed by atoms with E-state index in [4.69, 9.17) is 4.74 Å². The number of piperazine rings is 1. The number of amides is 1. The SMILES string of the molecule is CC(C)(C)OC(=O)N1CCN(c2cc[c]cc2)CC1. The minimum absolute atomic E-state index is 0.214. The van der Waals surface area contributed by atoms with Gasteiger partial charge in [0.15, 0.2) is 0 Å². The highest BCUT2D eigenvalue weighted by Gasteiger charge is 2.25. The largest absolute Gasteiger partial charge is 0.444 e. The van der Waals surface area contributed by atoms with Gasteiger partial charge in [0, 0.05) is 31.9 Å². The third-order valence-electron chi connectivity index (χ3n) is 3.00. The van der Waals surface area contributed by atoms with Crippen molar-refractivity contribution in [3.8, 4) is 0 Å². The molecule has 2 rings (SSSR count). The summed E-state index contributed by atoms with van der Waals surface area (Å²) < 4.78 is 5.38. The molecule has 0 unspecified atom stereocenters. The average Bonchev–Trinajstić information content (AvgIpc) is 2.38. The van der Waals surface area contributed by atoms with Crippen LogP contribution in [-0.4, -0.2) is 42.8 Å². The van der Waals surface area contributed by atoms with Gasteiger partial charge >= 0.3 is 6.09 Å². The fourth-order valence-electron chi connectivity index (χ4n) is 2.06. The van der Waals surface area contributed by atoms with Gasteiger partial charge in [-0.2, -0.15) is 0 Å². The fourth-order valence-corrected chi connectivity index (χ4v) is 2.06. The zero-order chi connectivity index (χ0) is 13.9. The number of hydrogen-bond donors (Lipinski definition) is 0. The summed E-state index contributed by atoms with van der Waals surface area (Å²) in [7, 11) is 0. The van der Waals surface area contributed by atoms with E-state index in [0.29, 0.717) is 13.1 Å². The first-order valence-corrected chi connectivity index (χ1v) is 6.65. The Bertz CT molecular complexity index is 418. The Morgan fingerprint density at radius 3 is 2.26 bits per heavy atom. The van der Waals surface area contributed by atoms with E-state index >= 15 is 0 Å². The Kier molecular flexibility index (Phi) is 3.98. The highest BCUT2D eigenvalue weighted by atomic mass is 16.6. The summed E-state index contributed by atoms with van der Waals surface area (Å²) in [5.74, 6) is 0. The summed E-state index contributed by atoms with van der Waals surface area (Å²) in [5, 5.41) is 0. The lowest BCUT2D eigenvalue weighted by Crippen LogP contribution is -2.50. The molecule has 1 fully saturated rings. The molecule has 4 nitrogen and oxygen atoms in total. The molecule has 1 aliphatic heterocycles. The van der Waals surface area contributed by atoms with Crippen LogP contribution in [0.2, 0.25) is 0 Å². The Balaban J connectivity index is 1.88. The molecule has 1 aromatic carbocycles. The van der Waals surface area contributed by atoms with Crippen molar-refractivity contribution in [2.24, 2.45) is 0 Å².